The molecule has 1 aliphatic heterocycles. The van der Waals surface area contributed by atoms with Crippen LogP contribution in [0.25, 0.3) is 0 Å². The van der Waals surface area contributed by atoms with Crippen LogP contribution >= 0.6 is 0 Å². The number of piperidine rings is 1. The quantitative estimate of drug-likeness (QED) is 0.836. The zero-order chi connectivity index (χ0) is 13.9. The van der Waals surface area contributed by atoms with E-state index in [0.717, 1.165) is 32.5 Å². The van der Waals surface area contributed by atoms with E-state index in [0.29, 0.717) is 6.04 Å². The van der Waals surface area contributed by atoms with E-state index < -0.39 is 0 Å². The number of carbonyl (C=O) groups is 1. The van der Waals surface area contributed by atoms with Crippen molar-refractivity contribution in [1.29, 1.82) is 0 Å². The van der Waals surface area contributed by atoms with Crippen LogP contribution in [-0.4, -0.2) is 68.3 Å². The van der Waals surface area contributed by atoms with Gasteiger partial charge in [0.05, 0.1) is 5.60 Å². The van der Waals surface area contributed by atoms with Gasteiger partial charge >= 0.3 is 6.03 Å². The fourth-order valence-corrected chi connectivity index (χ4v) is 2.91. The summed E-state index contributed by atoms with van der Waals surface area (Å²) < 4.78 is 5.62. The van der Waals surface area contributed by atoms with Crippen LogP contribution in [0.15, 0.2) is 0 Å². The van der Waals surface area contributed by atoms with Crippen LogP contribution in [0, 0.1) is 0 Å². The third-order valence-corrected chi connectivity index (χ3v) is 4.56. The highest BCUT2D eigenvalue weighted by Crippen LogP contribution is 2.34. The van der Waals surface area contributed by atoms with Crippen molar-refractivity contribution in [2.24, 2.45) is 0 Å². The van der Waals surface area contributed by atoms with E-state index in [1.54, 1.807) is 4.90 Å². The van der Waals surface area contributed by atoms with E-state index in [1.807, 2.05) is 26.1 Å². The lowest BCUT2D eigenvalue weighted by Gasteiger charge is -2.42. The van der Waals surface area contributed by atoms with Crippen LogP contribution in [0.2, 0.25) is 0 Å². The van der Waals surface area contributed by atoms with Gasteiger partial charge in [0.25, 0.3) is 0 Å². The zero-order valence-corrected chi connectivity index (χ0v) is 12.4. The molecule has 2 rings (SSSR count). The average Bonchev–Trinajstić information content (AvgIpc) is 2.38. The fourth-order valence-electron chi connectivity index (χ4n) is 2.91. The molecule has 0 atom stereocenters. The first-order chi connectivity index (χ1) is 9.06. The topological polar surface area (TPSA) is 44.8 Å². The van der Waals surface area contributed by atoms with Gasteiger partial charge in [-0.2, -0.15) is 0 Å². The monoisotopic (exact) mass is 269 g/mol. The van der Waals surface area contributed by atoms with Crippen molar-refractivity contribution in [3.8, 4) is 0 Å². The highest BCUT2D eigenvalue weighted by Gasteiger charge is 2.37. The van der Waals surface area contributed by atoms with E-state index >= 15 is 0 Å². The van der Waals surface area contributed by atoms with Gasteiger partial charge in [0, 0.05) is 46.9 Å². The Morgan fingerprint density at radius 3 is 2.42 bits per heavy atom. The van der Waals surface area contributed by atoms with Crippen LogP contribution in [0.5, 0.6) is 0 Å². The van der Waals surface area contributed by atoms with Gasteiger partial charge < -0.3 is 19.9 Å². The number of carbonyl (C=O) groups excluding carboxylic acids is 1. The number of methoxy groups -OCH3 is 1. The summed E-state index contributed by atoms with van der Waals surface area (Å²) in [6, 6.07) is 0.657. The smallest absolute Gasteiger partial charge is 0.319 e. The summed E-state index contributed by atoms with van der Waals surface area (Å²) in [5, 5.41) is 3.63. The highest BCUT2D eigenvalue weighted by molar-refractivity contribution is 5.73. The Hall–Kier alpha value is -0.810. The van der Waals surface area contributed by atoms with Crippen molar-refractivity contribution < 1.29 is 9.53 Å². The molecule has 0 bridgehead atoms. The molecular formula is C14H27N3O2. The van der Waals surface area contributed by atoms with Gasteiger partial charge in [-0.25, -0.2) is 4.79 Å². The minimum Gasteiger partial charge on any atom is -0.377 e. The minimum absolute atomic E-state index is 0.0938. The van der Waals surface area contributed by atoms with Gasteiger partial charge in [-0.05, 0) is 32.1 Å². The van der Waals surface area contributed by atoms with Crippen molar-refractivity contribution >= 4 is 6.03 Å². The molecule has 1 heterocycles. The van der Waals surface area contributed by atoms with Gasteiger partial charge in [0.2, 0.25) is 0 Å². The maximum Gasteiger partial charge on any atom is 0.319 e. The summed E-state index contributed by atoms with van der Waals surface area (Å²) >= 11 is 0. The molecule has 0 spiro atoms. The molecule has 1 saturated heterocycles. The molecular weight excluding hydrogens is 242 g/mol. The molecule has 0 aromatic carbocycles. The first-order valence-corrected chi connectivity index (χ1v) is 7.31. The number of likely N-dealkylation sites (tertiary alicyclic amines) is 1. The summed E-state index contributed by atoms with van der Waals surface area (Å²) in [4.78, 5) is 15.4. The first-order valence-electron chi connectivity index (χ1n) is 7.31. The van der Waals surface area contributed by atoms with Gasteiger partial charge in [0.1, 0.15) is 0 Å². The first kappa shape index (κ1) is 14.6. The molecule has 110 valence electrons. The second-order valence-corrected chi connectivity index (χ2v) is 6.06. The molecule has 0 unspecified atom stereocenters. The molecule has 5 nitrogen and oxygen atoms in total. The Morgan fingerprint density at radius 1 is 1.37 bits per heavy atom. The number of nitrogens with zero attached hydrogens (tertiary/aromatic N) is 2. The molecule has 0 aromatic heterocycles. The number of hydrogen-bond donors (Lipinski definition) is 1. The third-order valence-electron chi connectivity index (χ3n) is 4.56. The number of rotatable bonds is 4. The summed E-state index contributed by atoms with van der Waals surface area (Å²) in [6.07, 6.45) is 5.72. The van der Waals surface area contributed by atoms with Crippen LogP contribution in [-0.2, 0) is 4.74 Å². The van der Waals surface area contributed by atoms with E-state index in [9.17, 15) is 4.79 Å². The molecule has 19 heavy (non-hydrogen) atoms. The number of nitrogens with one attached hydrogen (secondary N) is 1. The molecule has 2 amide bonds. The fraction of sp³-hybridized carbons (Fsp3) is 0.929. The second kappa shape index (κ2) is 6.09. The van der Waals surface area contributed by atoms with Gasteiger partial charge in [-0.15, -0.1) is 0 Å². The molecule has 2 aliphatic rings. The Kier molecular flexibility index (Phi) is 4.68. The Labute approximate surface area is 116 Å². The second-order valence-electron chi connectivity index (χ2n) is 6.06. The van der Waals surface area contributed by atoms with Crippen LogP contribution in [0.3, 0.4) is 0 Å². The largest absolute Gasteiger partial charge is 0.377 e. The number of hydrogen-bond acceptors (Lipinski definition) is 3. The molecule has 1 N–H and O–H groups in total. The van der Waals surface area contributed by atoms with Crippen molar-refractivity contribution in [2.45, 2.75) is 43.7 Å². The van der Waals surface area contributed by atoms with Crippen molar-refractivity contribution in [3.63, 3.8) is 0 Å². The average molecular weight is 269 g/mol. The van der Waals surface area contributed by atoms with Crippen molar-refractivity contribution in [1.82, 2.24) is 15.1 Å². The molecule has 0 radical (unpaired) electrons. The van der Waals surface area contributed by atoms with Crippen LogP contribution < -0.4 is 5.32 Å². The molecule has 5 heteroatoms. The normalized spacial score (nSPS) is 23.0. The molecule has 1 saturated carbocycles. The summed E-state index contributed by atoms with van der Waals surface area (Å²) in [5.41, 5.74) is 0.0938. The lowest BCUT2D eigenvalue weighted by atomic mass is 9.79. The lowest BCUT2D eigenvalue weighted by Crippen LogP contribution is -2.53. The Balaban J connectivity index is 1.70. The summed E-state index contributed by atoms with van der Waals surface area (Å²) in [7, 11) is 5.44. The lowest BCUT2D eigenvalue weighted by molar-refractivity contribution is -0.0715. The van der Waals surface area contributed by atoms with E-state index in [2.05, 4.69) is 5.32 Å². The predicted octanol–water partition coefficient (Wildman–Crippen LogP) is 1.29. The van der Waals surface area contributed by atoms with Crippen LogP contribution in [0.1, 0.15) is 32.1 Å². The maximum absolute atomic E-state index is 11.8. The molecule has 1 aliphatic carbocycles. The number of ether oxygens (including phenoxy) is 1. The highest BCUT2D eigenvalue weighted by atomic mass is 16.5. The van der Waals surface area contributed by atoms with Crippen molar-refractivity contribution in [3.05, 3.63) is 0 Å². The zero-order valence-electron chi connectivity index (χ0n) is 12.4. The Bertz CT molecular complexity index is 302. The molecule has 0 aromatic rings. The van der Waals surface area contributed by atoms with Crippen LogP contribution in [0.4, 0.5) is 4.79 Å². The SMILES string of the molecule is COC1(CNC2CCN(C(=O)N(C)C)CC2)CCC1. The van der Waals surface area contributed by atoms with Gasteiger partial charge in [-0.3, -0.25) is 0 Å². The predicted molar refractivity (Wildman–Crippen MR) is 75.3 cm³/mol. The van der Waals surface area contributed by atoms with Crippen molar-refractivity contribution in [2.75, 3.05) is 40.8 Å². The van der Waals surface area contributed by atoms with Gasteiger partial charge in [-0.1, -0.05) is 0 Å². The Morgan fingerprint density at radius 2 is 2.00 bits per heavy atom. The summed E-state index contributed by atoms with van der Waals surface area (Å²) in [6.45, 7) is 2.67. The number of amides is 2. The van der Waals surface area contributed by atoms with E-state index in [1.165, 1.54) is 19.3 Å². The molecule has 2 fully saturated rings. The maximum atomic E-state index is 11.8. The van der Waals surface area contributed by atoms with Gasteiger partial charge in [0.15, 0.2) is 0 Å². The van der Waals surface area contributed by atoms with E-state index in [-0.39, 0.29) is 11.6 Å². The number of urea groups is 1. The third kappa shape index (κ3) is 3.39. The standard InChI is InChI=1S/C14H27N3O2/c1-16(2)13(18)17-9-5-12(6-10-17)15-11-14(19-3)7-4-8-14/h12,15H,4-11H2,1-3H3. The summed E-state index contributed by atoms with van der Waals surface area (Å²) in [5.74, 6) is 0. The minimum atomic E-state index is 0.0938. The van der Waals surface area contributed by atoms with E-state index in [4.69, 9.17) is 4.74 Å².